The molecule has 128 valence electrons. The summed E-state index contributed by atoms with van der Waals surface area (Å²) in [6.07, 6.45) is 0.987. The lowest BCUT2D eigenvalue weighted by Gasteiger charge is -2.32. The molecule has 1 aliphatic heterocycles. The number of rotatable bonds is 6. The number of ether oxygens (including phenoxy) is 1. The minimum Gasteiger partial charge on any atom is -0.478 e. The number of likely N-dealkylation sites (tertiary alicyclic amines) is 1. The molecule has 5 nitrogen and oxygen atoms in total. The van der Waals surface area contributed by atoms with E-state index in [4.69, 9.17) is 9.84 Å². The van der Waals surface area contributed by atoms with Gasteiger partial charge in [-0.25, -0.2) is 13.6 Å². The van der Waals surface area contributed by atoms with Crippen molar-refractivity contribution < 1.29 is 28.2 Å². The Balaban J connectivity index is 1.78. The molecule has 23 heavy (non-hydrogen) atoms. The lowest BCUT2D eigenvalue weighted by atomic mass is 10.1. The zero-order valence-electron chi connectivity index (χ0n) is 12.8. The van der Waals surface area contributed by atoms with Crippen LogP contribution in [0.15, 0.2) is 11.4 Å². The Hall–Kier alpha value is -1.54. The fourth-order valence-corrected chi connectivity index (χ4v) is 3.23. The molecular weight excluding hydrogens is 328 g/mol. The van der Waals surface area contributed by atoms with Gasteiger partial charge >= 0.3 is 5.97 Å². The first-order valence-electron chi connectivity index (χ1n) is 7.32. The first-order valence-corrected chi connectivity index (χ1v) is 8.20. The average Bonchev–Trinajstić information content (AvgIpc) is 2.93. The number of carbonyl (C=O) groups is 2. The first-order chi connectivity index (χ1) is 10.7. The predicted molar refractivity (Wildman–Crippen MR) is 81.2 cm³/mol. The van der Waals surface area contributed by atoms with Crippen molar-refractivity contribution in [2.75, 3.05) is 19.7 Å². The molecule has 2 rings (SSSR count). The van der Waals surface area contributed by atoms with Crippen LogP contribution in [-0.2, 0) is 16.0 Å². The Morgan fingerprint density at radius 3 is 2.61 bits per heavy atom. The van der Waals surface area contributed by atoms with Crippen LogP contribution >= 0.6 is 11.3 Å². The number of amides is 1. The van der Waals surface area contributed by atoms with Crippen LogP contribution in [-0.4, -0.2) is 53.6 Å². The van der Waals surface area contributed by atoms with Gasteiger partial charge in [0.1, 0.15) is 6.61 Å². The van der Waals surface area contributed by atoms with Crippen molar-refractivity contribution in [2.45, 2.75) is 38.2 Å². The second kappa shape index (κ2) is 7.35. The van der Waals surface area contributed by atoms with Gasteiger partial charge in [0.05, 0.1) is 18.1 Å². The van der Waals surface area contributed by atoms with Gasteiger partial charge in [-0.2, -0.15) is 0 Å². The molecule has 1 aromatic rings. The van der Waals surface area contributed by atoms with Gasteiger partial charge in [0.2, 0.25) is 5.91 Å². The molecule has 0 aromatic carbocycles. The predicted octanol–water partition coefficient (Wildman–Crippen LogP) is 2.65. The van der Waals surface area contributed by atoms with Crippen LogP contribution in [0.1, 0.15) is 35.0 Å². The van der Waals surface area contributed by atoms with Crippen LogP contribution in [0.2, 0.25) is 0 Å². The normalized spacial score (nSPS) is 16.6. The highest BCUT2D eigenvalue weighted by molar-refractivity contribution is 7.10. The number of hydrogen-bond acceptors (Lipinski definition) is 4. The van der Waals surface area contributed by atoms with Crippen LogP contribution in [0.5, 0.6) is 0 Å². The smallest absolute Gasteiger partial charge is 0.336 e. The van der Waals surface area contributed by atoms with Gasteiger partial charge in [0.15, 0.2) is 0 Å². The lowest BCUT2D eigenvalue weighted by molar-refractivity contribution is -0.135. The van der Waals surface area contributed by atoms with Gasteiger partial charge in [0.25, 0.3) is 5.92 Å². The molecule has 1 aromatic heterocycles. The van der Waals surface area contributed by atoms with E-state index in [0.29, 0.717) is 30.8 Å². The number of hydrogen-bond donors (Lipinski definition) is 1. The molecule has 0 spiro atoms. The Labute approximate surface area is 136 Å². The zero-order chi connectivity index (χ0) is 17.0. The minimum atomic E-state index is -2.84. The number of carboxylic acids is 1. The Kier molecular flexibility index (Phi) is 5.69. The number of aromatic carboxylic acids is 1. The van der Waals surface area contributed by atoms with Crippen LogP contribution in [0.4, 0.5) is 8.78 Å². The third kappa shape index (κ3) is 5.54. The largest absolute Gasteiger partial charge is 0.478 e. The average molecular weight is 347 g/mol. The highest BCUT2D eigenvalue weighted by Crippen LogP contribution is 2.20. The van der Waals surface area contributed by atoms with Crippen molar-refractivity contribution in [1.82, 2.24) is 4.90 Å². The molecule has 8 heteroatoms. The molecule has 0 unspecified atom stereocenters. The summed E-state index contributed by atoms with van der Waals surface area (Å²) in [4.78, 5) is 25.4. The second-order valence-corrected chi connectivity index (χ2v) is 6.74. The van der Waals surface area contributed by atoms with E-state index in [1.165, 1.54) is 22.8 Å². The quantitative estimate of drug-likeness (QED) is 0.859. The van der Waals surface area contributed by atoms with Gasteiger partial charge in [-0.3, -0.25) is 4.79 Å². The van der Waals surface area contributed by atoms with Gasteiger partial charge < -0.3 is 14.7 Å². The first kappa shape index (κ1) is 17.8. The van der Waals surface area contributed by atoms with Crippen LogP contribution in [0, 0.1) is 0 Å². The standard InChI is InChI=1S/C15H19F2NO4S/c1-15(16,17)9-22-11-2-4-18(5-3-11)13(19)7-12-6-10(8-23-12)14(20)21/h6,8,11H,2-5,7,9H2,1H3,(H,20,21). The van der Waals surface area contributed by atoms with E-state index in [1.807, 2.05) is 0 Å². The number of thiophene rings is 1. The summed E-state index contributed by atoms with van der Waals surface area (Å²) in [5.41, 5.74) is 0.186. The molecule has 1 aliphatic rings. The molecule has 0 atom stereocenters. The summed E-state index contributed by atoms with van der Waals surface area (Å²) < 4.78 is 30.7. The van der Waals surface area contributed by atoms with E-state index in [1.54, 1.807) is 4.90 Å². The molecule has 2 heterocycles. The highest BCUT2D eigenvalue weighted by Gasteiger charge is 2.27. The maximum atomic E-state index is 12.8. The van der Waals surface area contributed by atoms with Crippen molar-refractivity contribution >= 4 is 23.2 Å². The summed E-state index contributed by atoms with van der Waals surface area (Å²) in [5, 5.41) is 10.4. The molecule has 0 saturated carbocycles. The number of piperidine rings is 1. The molecular formula is C15H19F2NO4S. The van der Waals surface area contributed by atoms with Crippen molar-refractivity contribution in [1.29, 1.82) is 0 Å². The van der Waals surface area contributed by atoms with Crippen molar-refractivity contribution in [3.63, 3.8) is 0 Å². The molecule has 1 amide bonds. The fraction of sp³-hybridized carbons (Fsp3) is 0.600. The zero-order valence-corrected chi connectivity index (χ0v) is 13.6. The second-order valence-electron chi connectivity index (χ2n) is 5.74. The molecule has 1 fully saturated rings. The summed E-state index contributed by atoms with van der Waals surface area (Å²) in [7, 11) is 0. The number of carbonyl (C=O) groups excluding carboxylic acids is 1. The number of carboxylic acid groups (broad SMARTS) is 1. The third-order valence-electron chi connectivity index (χ3n) is 3.59. The van der Waals surface area contributed by atoms with Gasteiger partial charge in [-0.05, 0) is 18.9 Å². The maximum Gasteiger partial charge on any atom is 0.336 e. The van der Waals surface area contributed by atoms with E-state index in [0.717, 1.165) is 6.92 Å². The van der Waals surface area contributed by atoms with Crippen LogP contribution < -0.4 is 0 Å². The van der Waals surface area contributed by atoms with Gasteiger partial charge in [0, 0.05) is 30.3 Å². The summed E-state index contributed by atoms with van der Waals surface area (Å²) in [5.74, 6) is -3.93. The molecule has 1 N–H and O–H groups in total. The Bertz CT molecular complexity index is 562. The van der Waals surface area contributed by atoms with Gasteiger partial charge in [-0.1, -0.05) is 0 Å². The monoisotopic (exact) mass is 347 g/mol. The summed E-state index contributed by atoms with van der Waals surface area (Å²) in [6, 6.07) is 1.50. The lowest BCUT2D eigenvalue weighted by Crippen LogP contribution is -2.42. The van der Waals surface area contributed by atoms with Gasteiger partial charge in [-0.15, -0.1) is 11.3 Å². The van der Waals surface area contributed by atoms with E-state index >= 15 is 0 Å². The Morgan fingerprint density at radius 2 is 2.09 bits per heavy atom. The Morgan fingerprint density at radius 1 is 1.43 bits per heavy atom. The summed E-state index contributed by atoms with van der Waals surface area (Å²) >= 11 is 1.25. The SMILES string of the molecule is CC(F)(F)COC1CCN(C(=O)Cc2cc(C(=O)O)cs2)CC1. The van der Waals surface area contributed by atoms with Crippen LogP contribution in [0.3, 0.4) is 0 Å². The van der Waals surface area contributed by atoms with Crippen LogP contribution in [0.25, 0.3) is 0 Å². The van der Waals surface area contributed by atoms with Crippen molar-refractivity contribution in [3.8, 4) is 0 Å². The number of alkyl halides is 2. The minimum absolute atomic E-state index is 0.0805. The summed E-state index contributed by atoms with van der Waals surface area (Å²) in [6.45, 7) is 1.16. The fourth-order valence-electron chi connectivity index (χ4n) is 2.38. The number of halogens is 2. The molecule has 0 radical (unpaired) electrons. The topological polar surface area (TPSA) is 66.8 Å². The third-order valence-corrected chi connectivity index (χ3v) is 4.53. The van der Waals surface area contributed by atoms with E-state index in [9.17, 15) is 18.4 Å². The van der Waals surface area contributed by atoms with Crippen molar-refractivity contribution in [2.24, 2.45) is 0 Å². The van der Waals surface area contributed by atoms with Crippen molar-refractivity contribution in [3.05, 3.63) is 21.9 Å². The molecule has 1 saturated heterocycles. The molecule has 0 aliphatic carbocycles. The maximum absolute atomic E-state index is 12.8. The molecule has 0 bridgehead atoms. The number of nitrogens with zero attached hydrogens (tertiary/aromatic N) is 1. The highest BCUT2D eigenvalue weighted by atomic mass is 32.1. The van der Waals surface area contributed by atoms with E-state index in [-0.39, 0.29) is 24.0 Å². The van der Waals surface area contributed by atoms with E-state index < -0.39 is 18.5 Å². The van der Waals surface area contributed by atoms with E-state index in [2.05, 4.69) is 0 Å².